The van der Waals surface area contributed by atoms with Crippen LogP contribution in [0.5, 0.6) is 5.75 Å². The van der Waals surface area contributed by atoms with E-state index in [2.05, 4.69) is 17.1 Å². The molecule has 1 atom stereocenters. The molecule has 1 unspecified atom stereocenters. The summed E-state index contributed by atoms with van der Waals surface area (Å²) in [6.45, 7) is 2.51. The van der Waals surface area contributed by atoms with Crippen molar-refractivity contribution in [1.82, 2.24) is 10.2 Å². The quantitative estimate of drug-likeness (QED) is 0.776. The molecule has 1 N–H and O–H groups in total. The molecule has 0 heterocycles. The van der Waals surface area contributed by atoms with Gasteiger partial charge >= 0.3 is 0 Å². The molecule has 0 radical (unpaired) electrons. The van der Waals surface area contributed by atoms with Gasteiger partial charge in [0, 0.05) is 45.0 Å². The predicted octanol–water partition coefficient (Wildman–Crippen LogP) is 2.41. The van der Waals surface area contributed by atoms with Gasteiger partial charge in [0.15, 0.2) is 6.61 Å². The van der Waals surface area contributed by atoms with Gasteiger partial charge in [-0.15, -0.1) is 0 Å². The van der Waals surface area contributed by atoms with E-state index in [9.17, 15) is 9.59 Å². The first-order valence-corrected chi connectivity index (χ1v) is 8.87. The third-order valence-corrected chi connectivity index (χ3v) is 4.34. The number of benzene rings is 2. The van der Waals surface area contributed by atoms with Crippen molar-refractivity contribution in [2.24, 2.45) is 0 Å². The number of rotatable bonds is 8. The number of likely N-dealkylation sites (N-methyl/N-ethyl adjacent to an activating group) is 2. The summed E-state index contributed by atoms with van der Waals surface area (Å²) in [5, 5.41) is 2.95. The minimum atomic E-state index is -0.173. The monoisotopic (exact) mass is 369 g/mol. The van der Waals surface area contributed by atoms with Gasteiger partial charge in [0.1, 0.15) is 5.75 Å². The molecule has 0 aliphatic carbocycles. The Bertz CT molecular complexity index is 762. The molecule has 0 aromatic heterocycles. The van der Waals surface area contributed by atoms with E-state index in [1.807, 2.05) is 37.4 Å². The van der Waals surface area contributed by atoms with E-state index in [1.165, 1.54) is 4.90 Å². The number of amides is 2. The molecule has 0 saturated heterocycles. The molecule has 0 aliphatic rings. The maximum atomic E-state index is 12.4. The summed E-state index contributed by atoms with van der Waals surface area (Å²) in [6.07, 6.45) is 0. The zero-order chi connectivity index (χ0) is 19.8. The standard InChI is InChI=1S/C21H27N3O3/c1-16(24(4)18-10-6-5-7-11-18)14-22-21(26)17-9-8-12-19(13-17)27-15-20(25)23(2)3/h5-13,16H,14-15H2,1-4H3,(H,22,26). The smallest absolute Gasteiger partial charge is 0.259 e. The highest BCUT2D eigenvalue weighted by Crippen LogP contribution is 2.15. The Labute approximate surface area is 160 Å². The highest BCUT2D eigenvalue weighted by Gasteiger charge is 2.13. The maximum absolute atomic E-state index is 12.4. The van der Waals surface area contributed by atoms with E-state index >= 15 is 0 Å². The van der Waals surface area contributed by atoms with Crippen LogP contribution < -0.4 is 15.0 Å². The molecule has 2 aromatic rings. The van der Waals surface area contributed by atoms with E-state index in [4.69, 9.17) is 4.74 Å². The minimum absolute atomic E-state index is 0.0586. The first-order valence-electron chi connectivity index (χ1n) is 8.87. The second-order valence-corrected chi connectivity index (χ2v) is 6.61. The number of carbonyl (C=O) groups excluding carboxylic acids is 2. The van der Waals surface area contributed by atoms with Crippen LogP contribution in [0.3, 0.4) is 0 Å². The Kier molecular flexibility index (Phi) is 7.23. The average Bonchev–Trinajstić information content (AvgIpc) is 2.70. The molecule has 0 saturated carbocycles. The third kappa shape index (κ3) is 6.02. The van der Waals surface area contributed by atoms with Gasteiger partial charge in [-0.05, 0) is 37.3 Å². The molecule has 27 heavy (non-hydrogen) atoms. The summed E-state index contributed by atoms with van der Waals surface area (Å²) < 4.78 is 5.46. The highest BCUT2D eigenvalue weighted by atomic mass is 16.5. The van der Waals surface area contributed by atoms with Gasteiger partial charge in [-0.3, -0.25) is 9.59 Å². The number of ether oxygens (including phenoxy) is 1. The molecular formula is C21H27N3O3. The summed E-state index contributed by atoms with van der Waals surface area (Å²) >= 11 is 0. The molecule has 2 aromatic carbocycles. The van der Waals surface area contributed by atoms with Crippen LogP contribution in [0.1, 0.15) is 17.3 Å². The molecule has 2 amide bonds. The Hall–Kier alpha value is -3.02. The van der Waals surface area contributed by atoms with Crippen LogP contribution in [0.2, 0.25) is 0 Å². The highest BCUT2D eigenvalue weighted by molar-refractivity contribution is 5.94. The van der Waals surface area contributed by atoms with Crippen LogP contribution >= 0.6 is 0 Å². The van der Waals surface area contributed by atoms with Crippen LogP contribution in [-0.4, -0.2) is 57.1 Å². The van der Waals surface area contributed by atoms with Crippen molar-refractivity contribution < 1.29 is 14.3 Å². The molecule has 0 fully saturated rings. The molecule has 0 bridgehead atoms. The van der Waals surface area contributed by atoms with Crippen LogP contribution in [0.4, 0.5) is 5.69 Å². The SMILES string of the molecule is CC(CNC(=O)c1cccc(OCC(=O)N(C)C)c1)N(C)c1ccccc1. The average molecular weight is 369 g/mol. The maximum Gasteiger partial charge on any atom is 0.259 e. The first kappa shape index (κ1) is 20.3. The number of nitrogens with one attached hydrogen (secondary N) is 1. The van der Waals surface area contributed by atoms with Gasteiger partial charge in [0.05, 0.1) is 0 Å². The molecule has 144 valence electrons. The zero-order valence-corrected chi connectivity index (χ0v) is 16.3. The van der Waals surface area contributed by atoms with Gasteiger partial charge in [-0.1, -0.05) is 24.3 Å². The van der Waals surface area contributed by atoms with Gasteiger partial charge < -0.3 is 19.9 Å². The topological polar surface area (TPSA) is 61.9 Å². The summed E-state index contributed by atoms with van der Waals surface area (Å²) in [6, 6.07) is 17.0. The first-order chi connectivity index (χ1) is 12.9. The lowest BCUT2D eigenvalue weighted by Crippen LogP contribution is -2.40. The number of anilines is 1. The minimum Gasteiger partial charge on any atom is -0.484 e. The predicted molar refractivity (Wildman–Crippen MR) is 107 cm³/mol. The Morgan fingerprint density at radius 1 is 1.04 bits per heavy atom. The normalized spacial score (nSPS) is 11.4. The van der Waals surface area contributed by atoms with Crippen molar-refractivity contribution in [3.63, 3.8) is 0 Å². The van der Waals surface area contributed by atoms with Crippen molar-refractivity contribution in [2.45, 2.75) is 13.0 Å². The second-order valence-electron chi connectivity index (χ2n) is 6.61. The molecule has 6 nitrogen and oxygen atoms in total. The largest absolute Gasteiger partial charge is 0.484 e. The molecule has 0 spiro atoms. The van der Waals surface area contributed by atoms with E-state index in [0.717, 1.165) is 5.69 Å². The number of carbonyl (C=O) groups is 2. The van der Waals surface area contributed by atoms with E-state index in [0.29, 0.717) is 17.9 Å². The Morgan fingerprint density at radius 2 is 1.74 bits per heavy atom. The van der Waals surface area contributed by atoms with Crippen LogP contribution in [0, 0.1) is 0 Å². The van der Waals surface area contributed by atoms with Gasteiger partial charge in [0.2, 0.25) is 0 Å². The third-order valence-electron chi connectivity index (χ3n) is 4.34. The van der Waals surface area contributed by atoms with Crippen molar-refractivity contribution in [1.29, 1.82) is 0 Å². The van der Waals surface area contributed by atoms with Crippen LogP contribution in [0.25, 0.3) is 0 Å². The number of nitrogens with zero attached hydrogens (tertiary/aromatic N) is 2. The lowest BCUT2D eigenvalue weighted by Gasteiger charge is -2.27. The van der Waals surface area contributed by atoms with Crippen molar-refractivity contribution in [2.75, 3.05) is 39.2 Å². The van der Waals surface area contributed by atoms with E-state index in [-0.39, 0.29) is 24.5 Å². The Morgan fingerprint density at radius 3 is 2.41 bits per heavy atom. The van der Waals surface area contributed by atoms with E-state index in [1.54, 1.807) is 38.4 Å². The van der Waals surface area contributed by atoms with Crippen LogP contribution in [-0.2, 0) is 4.79 Å². The number of hydrogen-bond donors (Lipinski definition) is 1. The van der Waals surface area contributed by atoms with Gasteiger partial charge in [-0.2, -0.15) is 0 Å². The zero-order valence-electron chi connectivity index (χ0n) is 16.3. The Balaban J connectivity index is 1.90. The van der Waals surface area contributed by atoms with E-state index < -0.39 is 0 Å². The second kappa shape index (κ2) is 9.62. The van der Waals surface area contributed by atoms with Crippen molar-refractivity contribution >= 4 is 17.5 Å². The summed E-state index contributed by atoms with van der Waals surface area (Å²) in [5.41, 5.74) is 1.60. The van der Waals surface area contributed by atoms with Crippen molar-refractivity contribution in [3.05, 3.63) is 60.2 Å². The fourth-order valence-electron chi connectivity index (χ4n) is 2.40. The van der Waals surface area contributed by atoms with Gasteiger partial charge in [0.25, 0.3) is 11.8 Å². The van der Waals surface area contributed by atoms with Crippen LogP contribution in [0.15, 0.2) is 54.6 Å². The molecular weight excluding hydrogens is 342 g/mol. The summed E-state index contributed by atoms with van der Waals surface area (Å²) in [5.74, 6) is 0.183. The van der Waals surface area contributed by atoms with Gasteiger partial charge in [-0.25, -0.2) is 0 Å². The summed E-state index contributed by atoms with van der Waals surface area (Å²) in [7, 11) is 5.34. The molecule has 2 rings (SSSR count). The summed E-state index contributed by atoms with van der Waals surface area (Å²) in [4.78, 5) is 27.6. The van der Waals surface area contributed by atoms with Crippen molar-refractivity contribution in [3.8, 4) is 5.75 Å². The fraction of sp³-hybridized carbons (Fsp3) is 0.333. The number of hydrogen-bond acceptors (Lipinski definition) is 4. The molecule has 6 heteroatoms. The lowest BCUT2D eigenvalue weighted by atomic mass is 10.2. The lowest BCUT2D eigenvalue weighted by molar-refractivity contribution is -0.130. The number of para-hydroxylation sites is 1. The molecule has 0 aliphatic heterocycles. The fourth-order valence-corrected chi connectivity index (χ4v) is 2.40.